The van der Waals surface area contributed by atoms with Gasteiger partial charge in [0.05, 0.1) is 13.2 Å². The van der Waals surface area contributed by atoms with Crippen molar-refractivity contribution in [2.24, 2.45) is 0 Å². The van der Waals surface area contributed by atoms with E-state index >= 15 is 0 Å². The first-order valence-corrected chi connectivity index (χ1v) is 7.21. The van der Waals surface area contributed by atoms with E-state index in [2.05, 4.69) is 5.32 Å². The summed E-state index contributed by atoms with van der Waals surface area (Å²) in [7, 11) is 1.63. The molecule has 0 aliphatic heterocycles. The van der Waals surface area contributed by atoms with E-state index in [0.717, 1.165) is 16.9 Å². The monoisotopic (exact) mass is 299 g/mol. The van der Waals surface area contributed by atoms with E-state index < -0.39 is 0 Å². The van der Waals surface area contributed by atoms with Gasteiger partial charge in [-0.15, -0.1) is 0 Å². The molecule has 0 fully saturated rings. The van der Waals surface area contributed by atoms with Gasteiger partial charge in [-0.1, -0.05) is 29.8 Å². The van der Waals surface area contributed by atoms with Crippen LogP contribution < -0.4 is 14.8 Å². The molecule has 0 aliphatic carbocycles. The molecule has 0 spiro atoms. The Balaban J connectivity index is 1.83. The summed E-state index contributed by atoms with van der Waals surface area (Å²) in [6.07, 6.45) is 0. The Morgan fingerprint density at radius 1 is 1.05 bits per heavy atom. The Bertz CT molecular complexity index is 605. The van der Waals surface area contributed by atoms with E-state index in [1.807, 2.05) is 62.4 Å². The van der Waals surface area contributed by atoms with Crippen LogP contribution >= 0.6 is 0 Å². The molecule has 0 radical (unpaired) electrons. The normalized spacial score (nSPS) is 11.6. The fourth-order valence-corrected chi connectivity index (χ4v) is 2.04. The number of nitrogens with one attached hydrogen (secondary N) is 1. The standard InChI is InChI=1S/C18H21NO3/c1-13-4-8-17(9-5-13)22-12-18(20)19-14(2)15-6-10-16(21-3)11-7-15/h4-11,14H,12H2,1-3H3,(H,19,20). The van der Waals surface area contributed by atoms with Crippen molar-refractivity contribution < 1.29 is 14.3 Å². The summed E-state index contributed by atoms with van der Waals surface area (Å²) in [6.45, 7) is 3.95. The molecule has 1 atom stereocenters. The second-order valence-electron chi connectivity index (χ2n) is 5.16. The average Bonchev–Trinajstić information content (AvgIpc) is 2.54. The average molecular weight is 299 g/mol. The van der Waals surface area contributed by atoms with Gasteiger partial charge in [-0.05, 0) is 43.7 Å². The highest BCUT2D eigenvalue weighted by Crippen LogP contribution is 2.17. The van der Waals surface area contributed by atoms with Gasteiger partial charge >= 0.3 is 0 Å². The molecule has 116 valence electrons. The molecule has 0 saturated carbocycles. The minimum atomic E-state index is -0.149. The Kier molecular flexibility index (Phi) is 5.42. The van der Waals surface area contributed by atoms with Gasteiger partial charge in [-0.2, -0.15) is 0 Å². The largest absolute Gasteiger partial charge is 0.497 e. The van der Waals surface area contributed by atoms with Crippen LogP contribution in [0.15, 0.2) is 48.5 Å². The first kappa shape index (κ1) is 15.9. The van der Waals surface area contributed by atoms with Gasteiger partial charge in [0.15, 0.2) is 6.61 Å². The van der Waals surface area contributed by atoms with Crippen LogP contribution in [0.3, 0.4) is 0 Å². The Hall–Kier alpha value is -2.49. The molecule has 2 aromatic rings. The van der Waals surface area contributed by atoms with Crippen LogP contribution in [0.25, 0.3) is 0 Å². The first-order chi connectivity index (χ1) is 10.6. The van der Waals surface area contributed by atoms with E-state index in [4.69, 9.17) is 9.47 Å². The molecule has 1 N–H and O–H groups in total. The Morgan fingerprint density at radius 3 is 2.23 bits per heavy atom. The predicted molar refractivity (Wildman–Crippen MR) is 86.2 cm³/mol. The number of ether oxygens (including phenoxy) is 2. The van der Waals surface area contributed by atoms with Crippen LogP contribution in [0.2, 0.25) is 0 Å². The molecule has 0 bridgehead atoms. The highest BCUT2D eigenvalue weighted by molar-refractivity contribution is 5.78. The van der Waals surface area contributed by atoms with Crippen molar-refractivity contribution in [2.45, 2.75) is 19.9 Å². The van der Waals surface area contributed by atoms with Crippen molar-refractivity contribution in [1.29, 1.82) is 0 Å². The predicted octanol–water partition coefficient (Wildman–Crippen LogP) is 3.26. The van der Waals surface area contributed by atoms with E-state index in [-0.39, 0.29) is 18.6 Å². The summed E-state index contributed by atoms with van der Waals surface area (Å²) < 4.78 is 10.6. The Morgan fingerprint density at radius 2 is 1.64 bits per heavy atom. The van der Waals surface area contributed by atoms with Crippen LogP contribution in [0.4, 0.5) is 0 Å². The smallest absolute Gasteiger partial charge is 0.258 e. The van der Waals surface area contributed by atoms with E-state index in [1.165, 1.54) is 0 Å². The maximum Gasteiger partial charge on any atom is 0.258 e. The minimum absolute atomic E-state index is 0.00353. The molecule has 0 aromatic heterocycles. The van der Waals surface area contributed by atoms with Crippen LogP contribution in [-0.2, 0) is 4.79 Å². The second kappa shape index (κ2) is 7.50. The SMILES string of the molecule is COc1ccc(C(C)NC(=O)COc2ccc(C)cc2)cc1. The molecule has 2 aromatic carbocycles. The van der Waals surface area contributed by atoms with Gasteiger partial charge in [-0.25, -0.2) is 0 Å². The van der Waals surface area contributed by atoms with Crippen LogP contribution in [-0.4, -0.2) is 19.6 Å². The van der Waals surface area contributed by atoms with Gasteiger partial charge in [0.2, 0.25) is 0 Å². The molecule has 0 saturated heterocycles. The third-order valence-corrected chi connectivity index (χ3v) is 3.38. The van der Waals surface area contributed by atoms with Crippen molar-refractivity contribution >= 4 is 5.91 Å². The minimum Gasteiger partial charge on any atom is -0.497 e. The number of amides is 1. The number of rotatable bonds is 6. The summed E-state index contributed by atoms with van der Waals surface area (Å²) in [5, 5.41) is 2.91. The molecular formula is C18H21NO3. The first-order valence-electron chi connectivity index (χ1n) is 7.21. The molecule has 4 heteroatoms. The van der Waals surface area contributed by atoms with Crippen LogP contribution in [0.5, 0.6) is 11.5 Å². The molecular weight excluding hydrogens is 278 g/mol. The highest BCUT2D eigenvalue weighted by Gasteiger charge is 2.10. The van der Waals surface area contributed by atoms with Crippen LogP contribution in [0, 0.1) is 6.92 Å². The lowest BCUT2D eigenvalue weighted by atomic mass is 10.1. The van der Waals surface area contributed by atoms with E-state index in [0.29, 0.717) is 5.75 Å². The van der Waals surface area contributed by atoms with Crippen LogP contribution in [0.1, 0.15) is 24.1 Å². The zero-order valence-corrected chi connectivity index (χ0v) is 13.1. The van der Waals surface area contributed by atoms with Crippen molar-refractivity contribution in [3.63, 3.8) is 0 Å². The molecule has 0 heterocycles. The zero-order valence-electron chi connectivity index (χ0n) is 13.1. The fraction of sp³-hybridized carbons (Fsp3) is 0.278. The zero-order chi connectivity index (χ0) is 15.9. The number of benzene rings is 2. The van der Waals surface area contributed by atoms with E-state index in [1.54, 1.807) is 7.11 Å². The van der Waals surface area contributed by atoms with Gasteiger partial charge in [0.25, 0.3) is 5.91 Å². The fourth-order valence-electron chi connectivity index (χ4n) is 2.04. The van der Waals surface area contributed by atoms with Crippen molar-refractivity contribution in [3.05, 3.63) is 59.7 Å². The summed E-state index contributed by atoms with van der Waals surface area (Å²) in [6, 6.07) is 15.2. The third-order valence-electron chi connectivity index (χ3n) is 3.38. The lowest BCUT2D eigenvalue weighted by molar-refractivity contribution is -0.123. The number of methoxy groups -OCH3 is 1. The maximum absolute atomic E-state index is 11.9. The highest BCUT2D eigenvalue weighted by atomic mass is 16.5. The number of aryl methyl sites for hydroxylation is 1. The molecule has 1 amide bonds. The lowest BCUT2D eigenvalue weighted by Crippen LogP contribution is -2.31. The van der Waals surface area contributed by atoms with Crippen molar-refractivity contribution in [2.75, 3.05) is 13.7 Å². The summed E-state index contributed by atoms with van der Waals surface area (Å²) in [4.78, 5) is 11.9. The number of hydrogen-bond donors (Lipinski definition) is 1. The number of carbonyl (C=O) groups excluding carboxylic acids is 1. The second-order valence-corrected chi connectivity index (χ2v) is 5.16. The number of carbonyl (C=O) groups is 1. The third kappa shape index (κ3) is 4.52. The van der Waals surface area contributed by atoms with Crippen molar-refractivity contribution in [1.82, 2.24) is 5.32 Å². The summed E-state index contributed by atoms with van der Waals surface area (Å²) in [5.74, 6) is 1.34. The van der Waals surface area contributed by atoms with Gasteiger partial charge in [0, 0.05) is 0 Å². The van der Waals surface area contributed by atoms with E-state index in [9.17, 15) is 4.79 Å². The van der Waals surface area contributed by atoms with Gasteiger partial charge in [-0.3, -0.25) is 4.79 Å². The lowest BCUT2D eigenvalue weighted by Gasteiger charge is -2.15. The van der Waals surface area contributed by atoms with Gasteiger partial charge < -0.3 is 14.8 Å². The quantitative estimate of drug-likeness (QED) is 0.890. The van der Waals surface area contributed by atoms with Crippen molar-refractivity contribution in [3.8, 4) is 11.5 Å². The molecule has 0 aliphatic rings. The summed E-state index contributed by atoms with van der Waals surface area (Å²) in [5.41, 5.74) is 2.18. The van der Waals surface area contributed by atoms with Gasteiger partial charge in [0.1, 0.15) is 11.5 Å². The maximum atomic E-state index is 11.9. The molecule has 4 nitrogen and oxygen atoms in total. The number of hydrogen-bond acceptors (Lipinski definition) is 3. The molecule has 2 rings (SSSR count). The molecule has 1 unspecified atom stereocenters. The topological polar surface area (TPSA) is 47.6 Å². The summed E-state index contributed by atoms with van der Waals surface area (Å²) >= 11 is 0. The Labute approximate surface area is 131 Å². The molecule has 22 heavy (non-hydrogen) atoms.